The van der Waals surface area contributed by atoms with E-state index in [9.17, 15) is 10.1 Å². The summed E-state index contributed by atoms with van der Waals surface area (Å²) in [6.45, 7) is 3.10. The quantitative estimate of drug-likeness (QED) is 0.607. The summed E-state index contributed by atoms with van der Waals surface area (Å²) < 4.78 is 4.93. The van der Waals surface area contributed by atoms with E-state index < -0.39 is 4.92 Å². The van der Waals surface area contributed by atoms with Crippen LogP contribution >= 0.6 is 0 Å². The van der Waals surface area contributed by atoms with Crippen LogP contribution in [0, 0.1) is 10.1 Å². The van der Waals surface area contributed by atoms with Gasteiger partial charge in [-0.1, -0.05) is 0 Å². The second-order valence-electron chi connectivity index (χ2n) is 3.90. The maximum atomic E-state index is 11.1. The molecule has 1 aromatic rings. The molecule has 1 aromatic heterocycles. The number of ether oxygens (including phenoxy) is 1. The number of hydrogen-bond acceptors (Lipinski definition) is 7. The Morgan fingerprint density at radius 1 is 1.44 bits per heavy atom. The van der Waals surface area contributed by atoms with E-state index in [-0.39, 0.29) is 11.6 Å². The summed E-state index contributed by atoms with van der Waals surface area (Å²) in [5.41, 5.74) is -0.165. The number of nitrogens with zero attached hydrogens (tertiary/aromatic N) is 4. The first-order chi connectivity index (χ1) is 8.74. The van der Waals surface area contributed by atoms with Gasteiger partial charge in [0.15, 0.2) is 0 Å². The van der Waals surface area contributed by atoms with Crippen LogP contribution in [0.5, 0.6) is 5.88 Å². The smallest absolute Gasteiger partial charge is 0.372 e. The van der Waals surface area contributed by atoms with Gasteiger partial charge in [-0.05, 0) is 13.0 Å². The molecular formula is C10H15N5O3. The van der Waals surface area contributed by atoms with Crippen molar-refractivity contribution in [2.75, 3.05) is 38.2 Å². The van der Waals surface area contributed by atoms with E-state index >= 15 is 0 Å². The minimum Gasteiger partial charge on any atom is -0.476 e. The third kappa shape index (κ3) is 2.48. The molecule has 8 heteroatoms. The number of rotatable bonds is 3. The maximum absolute atomic E-state index is 11.1. The minimum absolute atomic E-state index is 0.00204. The Kier molecular flexibility index (Phi) is 3.88. The van der Waals surface area contributed by atoms with Crippen LogP contribution in [0.15, 0.2) is 6.33 Å². The van der Waals surface area contributed by atoms with Crippen LogP contribution in [0.1, 0.15) is 6.42 Å². The first-order valence-electron chi connectivity index (χ1n) is 5.73. The zero-order chi connectivity index (χ0) is 13.0. The van der Waals surface area contributed by atoms with Crippen molar-refractivity contribution >= 4 is 11.5 Å². The predicted octanol–water partition coefficient (Wildman–Crippen LogP) is 0.193. The molecule has 98 valence electrons. The fraction of sp³-hybridized carbons (Fsp3) is 0.600. The van der Waals surface area contributed by atoms with Gasteiger partial charge in [-0.3, -0.25) is 10.1 Å². The highest BCUT2D eigenvalue weighted by Gasteiger charge is 2.28. The first-order valence-corrected chi connectivity index (χ1v) is 5.73. The van der Waals surface area contributed by atoms with Crippen LogP contribution in [0.4, 0.5) is 11.5 Å². The summed E-state index contributed by atoms with van der Waals surface area (Å²) in [6.07, 6.45) is 2.21. The largest absolute Gasteiger partial charge is 0.476 e. The van der Waals surface area contributed by atoms with Crippen molar-refractivity contribution in [3.8, 4) is 5.88 Å². The van der Waals surface area contributed by atoms with E-state index in [4.69, 9.17) is 4.74 Å². The molecule has 1 aliphatic heterocycles. The predicted molar refractivity (Wildman–Crippen MR) is 64.9 cm³/mol. The second kappa shape index (κ2) is 5.58. The number of aromatic nitrogens is 2. The number of methoxy groups -OCH3 is 1. The highest BCUT2D eigenvalue weighted by molar-refractivity contribution is 5.62. The van der Waals surface area contributed by atoms with E-state index in [1.54, 1.807) is 0 Å². The van der Waals surface area contributed by atoms with Gasteiger partial charge in [0.1, 0.15) is 6.33 Å². The SMILES string of the molecule is COc1ncnc(N2CCCNCC2)c1[N+](=O)[O-]. The van der Waals surface area contributed by atoms with Gasteiger partial charge in [0.05, 0.1) is 12.0 Å². The molecular weight excluding hydrogens is 238 g/mol. The van der Waals surface area contributed by atoms with Crippen molar-refractivity contribution in [2.45, 2.75) is 6.42 Å². The summed E-state index contributed by atoms with van der Waals surface area (Å²) in [6, 6.07) is 0. The topological polar surface area (TPSA) is 93.4 Å². The van der Waals surface area contributed by atoms with Gasteiger partial charge in [0, 0.05) is 19.6 Å². The summed E-state index contributed by atoms with van der Waals surface area (Å²) in [5.74, 6) is 0.331. The molecule has 0 spiro atoms. The Bertz CT molecular complexity index is 432. The Morgan fingerprint density at radius 2 is 2.28 bits per heavy atom. The molecule has 1 saturated heterocycles. The van der Waals surface area contributed by atoms with Gasteiger partial charge in [0.2, 0.25) is 5.82 Å². The molecule has 2 heterocycles. The molecule has 0 aliphatic carbocycles. The number of hydrogen-bond donors (Lipinski definition) is 1. The third-order valence-corrected chi connectivity index (χ3v) is 2.78. The Labute approximate surface area is 104 Å². The lowest BCUT2D eigenvalue weighted by molar-refractivity contribution is -0.385. The van der Waals surface area contributed by atoms with Crippen molar-refractivity contribution < 1.29 is 9.66 Å². The summed E-state index contributed by atoms with van der Waals surface area (Å²) >= 11 is 0. The molecule has 2 rings (SSSR count). The standard InChI is InChI=1S/C10H15N5O3/c1-18-10-8(15(16)17)9(12-7-13-10)14-5-2-3-11-4-6-14/h7,11H,2-6H2,1H3. The molecule has 18 heavy (non-hydrogen) atoms. The molecule has 0 unspecified atom stereocenters. The van der Waals surface area contributed by atoms with Gasteiger partial charge >= 0.3 is 5.69 Å². The second-order valence-corrected chi connectivity index (χ2v) is 3.90. The lowest BCUT2D eigenvalue weighted by atomic mass is 10.3. The normalized spacial score (nSPS) is 16.2. The van der Waals surface area contributed by atoms with Crippen molar-refractivity contribution in [3.05, 3.63) is 16.4 Å². The summed E-state index contributed by atoms with van der Waals surface area (Å²) in [7, 11) is 1.36. The number of nitrogens with one attached hydrogen (secondary N) is 1. The zero-order valence-electron chi connectivity index (χ0n) is 10.1. The van der Waals surface area contributed by atoms with Gasteiger partial charge in [-0.25, -0.2) is 4.98 Å². The molecule has 1 aliphatic rings. The van der Waals surface area contributed by atoms with E-state index in [0.717, 1.165) is 26.1 Å². The van der Waals surface area contributed by atoms with Crippen molar-refractivity contribution in [2.24, 2.45) is 0 Å². The summed E-state index contributed by atoms with van der Waals surface area (Å²) in [5, 5.41) is 14.4. The Balaban J connectivity index is 2.38. The monoisotopic (exact) mass is 253 g/mol. The third-order valence-electron chi connectivity index (χ3n) is 2.78. The van der Waals surface area contributed by atoms with E-state index in [0.29, 0.717) is 12.4 Å². The van der Waals surface area contributed by atoms with Crippen LogP contribution in [0.25, 0.3) is 0 Å². The van der Waals surface area contributed by atoms with Crippen LogP contribution in [-0.2, 0) is 0 Å². The van der Waals surface area contributed by atoms with Gasteiger partial charge in [0.25, 0.3) is 5.88 Å². The van der Waals surface area contributed by atoms with Gasteiger partial charge in [-0.2, -0.15) is 4.98 Å². The van der Waals surface area contributed by atoms with Crippen molar-refractivity contribution in [3.63, 3.8) is 0 Å². The van der Waals surface area contributed by atoms with Crippen molar-refractivity contribution in [1.29, 1.82) is 0 Å². The zero-order valence-corrected chi connectivity index (χ0v) is 10.1. The average Bonchev–Trinajstić information content (AvgIpc) is 2.66. The number of anilines is 1. The molecule has 0 aromatic carbocycles. The Morgan fingerprint density at radius 3 is 3.00 bits per heavy atom. The highest BCUT2D eigenvalue weighted by Crippen LogP contribution is 2.33. The molecule has 0 saturated carbocycles. The van der Waals surface area contributed by atoms with Crippen LogP contribution in [0.2, 0.25) is 0 Å². The van der Waals surface area contributed by atoms with Gasteiger partial charge < -0.3 is 15.0 Å². The summed E-state index contributed by atoms with van der Waals surface area (Å²) in [4.78, 5) is 20.4. The van der Waals surface area contributed by atoms with Crippen LogP contribution < -0.4 is 15.0 Å². The van der Waals surface area contributed by atoms with E-state index in [1.807, 2.05) is 4.90 Å². The van der Waals surface area contributed by atoms with Crippen LogP contribution in [0.3, 0.4) is 0 Å². The van der Waals surface area contributed by atoms with Gasteiger partial charge in [-0.15, -0.1) is 0 Å². The molecule has 0 bridgehead atoms. The molecule has 0 radical (unpaired) electrons. The number of nitro groups is 1. The molecule has 1 fully saturated rings. The highest BCUT2D eigenvalue weighted by atomic mass is 16.6. The lowest BCUT2D eigenvalue weighted by Crippen LogP contribution is -2.29. The van der Waals surface area contributed by atoms with E-state index in [2.05, 4.69) is 15.3 Å². The minimum atomic E-state index is -0.494. The maximum Gasteiger partial charge on any atom is 0.372 e. The average molecular weight is 253 g/mol. The molecule has 0 atom stereocenters. The first kappa shape index (κ1) is 12.5. The Hall–Kier alpha value is -1.96. The molecule has 0 amide bonds. The van der Waals surface area contributed by atoms with E-state index in [1.165, 1.54) is 13.4 Å². The molecule has 1 N–H and O–H groups in total. The van der Waals surface area contributed by atoms with Crippen molar-refractivity contribution in [1.82, 2.24) is 15.3 Å². The molecule has 8 nitrogen and oxygen atoms in total. The fourth-order valence-corrected chi connectivity index (χ4v) is 1.95. The van der Waals surface area contributed by atoms with Crippen LogP contribution in [-0.4, -0.2) is 48.2 Å². The fourth-order valence-electron chi connectivity index (χ4n) is 1.95. The lowest BCUT2D eigenvalue weighted by Gasteiger charge is -2.20.